The van der Waals surface area contributed by atoms with Gasteiger partial charge in [-0.3, -0.25) is 9.59 Å². The Balaban J connectivity index is 2.48. The highest BCUT2D eigenvalue weighted by molar-refractivity contribution is 5.99. The minimum absolute atomic E-state index is 0.0978. The predicted molar refractivity (Wildman–Crippen MR) is 141 cm³/mol. The van der Waals surface area contributed by atoms with Crippen LogP contribution in [0.15, 0.2) is 36.4 Å². The van der Waals surface area contributed by atoms with Crippen LogP contribution in [0.1, 0.15) is 69.3 Å². The number of phenolic OH excluding ortho intramolecular Hbond substituents is 1. The van der Waals surface area contributed by atoms with E-state index in [0.717, 1.165) is 11.1 Å². The fourth-order valence-electron chi connectivity index (χ4n) is 3.88. The van der Waals surface area contributed by atoms with Crippen LogP contribution in [0, 0.1) is 20.8 Å². The first-order valence-electron chi connectivity index (χ1n) is 12.2. The highest BCUT2D eigenvalue weighted by Crippen LogP contribution is 2.30. The third-order valence-electron chi connectivity index (χ3n) is 5.93. The summed E-state index contributed by atoms with van der Waals surface area (Å²) in [4.78, 5) is 41.0. The normalized spacial score (nSPS) is 12.9. The van der Waals surface area contributed by atoms with E-state index in [-0.39, 0.29) is 24.2 Å². The number of amides is 3. The van der Waals surface area contributed by atoms with E-state index in [1.54, 1.807) is 39.8 Å². The van der Waals surface area contributed by atoms with Crippen molar-refractivity contribution < 1.29 is 24.2 Å². The van der Waals surface area contributed by atoms with Crippen molar-refractivity contribution >= 4 is 23.6 Å². The van der Waals surface area contributed by atoms with Crippen molar-refractivity contribution in [2.24, 2.45) is 0 Å². The summed E-state index contributed by atoms with van der Waals surface area (Å²) in [5.41, 5.74) is 2.92. The number of aromatic hydroxyl groups is 1. The van der Waals surface area contributed by atoms with Gasteiger partial charge in [-0.05, 0) is 89.3 Å². The Morgan fingerprint density at radius 2 is 1.64 bits per heavy atom. The second-order valence-electron chi connectivity index (χ2n) is 10.1. The van der Waals surface area contributed by atoms with Gasteiger partial charge in [-0.15, -0.1) is 0 Å². The molecule has 0 heterocycles. The molecule has 2 rings (SSSR count). The van der Waals surface area contributed by atoms with Crippen molar-refractivity contribution in [1.82, 2.24) is 10.2 Å². The summed E-state index contributed by atoms with van der Waals surface area (Å²) in [6, 6.07) is 9.28. The number of nitrogens with zero attached hydrogens (tertiary/aromatic N) is 1. The highest BCUT2D eigenvalue weighted by Gasteiger charge is 2.35. The van der Waals surface area contributed by atoms with Crippen LogP contribution in [0.3, 0.4) is 0 Å². The van der Waals surface area contributed by atoms with Gasteiger partial charge in [0.25, 0.3) is 5.91 Å². The van der Waals surface area contributed by atoms with E-state index in [1.807, 2.05) is 45.9 Å². The SMILES string of the molecule is CCC(C)N(C(=O)CNC(=O)OC(C)(C)C)C(C(=O)Nc1c(C)cccc1C)c1ccc(O)c(C)c1. The van der Waals surface area contributed by atoms with Crippen LogP contribution in [0.5, 0.6) is 5.75 Å². The summed E-state index contributed by atoms with van der Waals surface area (Å²) >= 11 is 0. The van der Waals surface area contributed by atoms with Crippen LogP contribution in [0.2, 0.25) is 0 Å². The third-order valence-corrected chi connectivity index (χ3v) is 5.93. The first-order chi connectivity index (χ1) is 16.7. The van der Waals surface area contributed by atoms with E-state index in [2.05, 4.69) is 10.6 Å². The minimum Gasteiger partial charge on any atom is -0.508 e. The maximum absolute atomic E-state index is 13.8. The van der Waals surface area contributed by atoms with E-state index in [9.17, 15) is 19.5 Å². The number of hydrogen-bond acceptors (Lipinski definition) is 5. The average molecular weight is 498 g/mol. The zero-order chi connectivity index (χ0) is 27.2. The van der Waals surface area contributed by atoms with Gasteiger partial charge in [0, 0.05) is 11.7 Å². The van der Waals surface area contributed by atoms with Gasteiger partial charge in [-0.25, -0.2) is 4.79 Å². The van der Waals surface area contributed by atoms with Gasteiger partial charge in [0.05, 0.1) is 0 Å². The van der Waals surface area contributed by atoms with Crippen LogP contribution >= 0.6 is 0 Å². The molecule has 0 aliphatic rings. The number of alkyl carbamates (subject to hydrolysis) is 1. The van der Waals surface area contributed by atoms with E-state index >= 15 is 0 Å². The second-order valence-corrected chi connectivity index (χ2v) is 10.1. The van der Waals surface area contributed by atoms with Crippen LogP contribution in [-0.2, 0) is 14.3 Å². The van der Waals surface area contributed by atoms with Gasteiger partial charge in [0.1, 0.15) is 23.9 Å². The van der Waals surface area contributed by atoms with Gasteiger partial charge in [-0.1, -0.05) is 31.2 Å². The van der Waals surface area contributed by atoms with Crippen molar-refractivity contribution in [2.75, 3.05) is 11.9 Å². The Kier molecular flexibility index (Phi) is 9.50. The molecule has 0 bridgehead atoms. The van der Waals surface area contributed by atoms with Crippen molar-refractivity contribution in [3.63, 3.8) is 0 Å². The Morgan fingerprint density at radius 3 is 2.17 bits per heavy atom. The molecule has 2 unspecified atom stereocenters. The molecule has 0 aromatic heterocycles. The molecule has 2 atom stereocenters. The van der Waals surface area contributed by atoms with Crippen molar-refractivity contribution in [1.29, 1.82) is 0 Å². The molecule has 36 heavy (non-hydrogen) atoms. The summed E-state index contributed by atoms with van der Waals surface area (Å²) < 4.78 is 5.25. The number of benzene rings is 2. The van der Waals surface area contributed by atoms with E-state index in [1.165, 1.54) is 11.0 Å². The van der Waals surface area contributed by atoms with Gasteiger partial charge in [0.15, 0.2) is 0 Å². The van der Waals surface area contributed by atoms with Gasteiger partial charge >= 0.3 is 6.09 Å². The quantitative estimate of drug-likeness (QED) is 0.468. The summed E-state index contributed by atoms with van der Waals surface area (Å²) in [7, 11) is 0. The highest BCUT2D eigenvalue weighted by atomic mass is 16.6. The van der Waals surface area contributed by atoms with Crippen molar-refractivity contribution in [3.05, 3.63) is 58.7 Å². The molecule has 2 aromatic rings. The predicted octanol–water partition coefficient (Wildman–Crippen LogP) is 5.15. The molecule has 0 spiro atoms. The number of anilines is 1. The molecule has 3 amide bonds. The lowest BCUT2D eigenvalue weighted by atomic mass is 9.98. The second kappa shape index (κ2) is 11.9. The molecule has 0 radical (unpaired) electrons. The topological polar surface area (TPSA) is 108 Å². The molecule has 0 saturated heterocycles. The Morgan fingerprint density at radius 1 is 1.03 bits per heavy atom. The molecule has 3 N–H and O–H groups in total. The standard InChI is InChI=1S/C28H39N3O5/c1-9-20(5)31(23(33)16-29-27(35)36-28(6,7)8)25(21-13-14-22(32)19(4)15-21)26(34)30-24-17(2)11-10-12-18(24)3/h10-15,20,25,32H,9,16H2,1-8H3,(H,29,35)(H,30,34). The van der Waals surface area contributed by atoms with E-state index in [0.29, 0.717) is 23.2 Å². The number of hydrogen-bond donors (Lipinski definition) is 3. The molecular weight excluding hydrogens is 458 g/mol. The minimum atomic E-state index is -0.994. The number of rotatable bonds is 8. The molecule has 0 saturated carbocycles. The fraction of sp³-hybridized carbons (Fsp3) is 0.464. The van der Waals surface area contributed by atoms with Crippen LogP contribution < -0.4 is 10.6 Å². The van der Waals surface area contributed by atoms with Crippen molar-refractivity contribution in [3.8, 4) is 5.75 Å². The summed E-state index contributed by atoms with van der Waals surface area (Å²) in [5.74, 6) is -0.716. The Hall–Kier alpha value is -3.55. The van der Waals surface area contributed by atoms with Gasteiger partial charge in [0.2, 0.25) is 5.91 Å². The Labute approximate surface area is 214 Å². The number of nitrogens with one attached hydrogen (secondary N) is 2. The number of carbonyl (C=O) groups excluding carboxylic acids is 3. The lowest BCUT2D eigenvalue weighted by Gasteiger charge is -2.36. The molecule has 2 aromatic carbocycles. The summed E-state index contributed by atoms with van der Waals surface area (Å²) in [5, 5.41) is 15.6. The largest absolute Gasteiger partial charge is 0.508 e. The third kappa shape index (κ3) is 7.47. The van der Waals surface area contributed by atoms with Gasteiger partial charge < -0.3 is 25.4 Å². The molecule has 8 heteroatoms. The summed E-state index contributed by atoms with van der Waals surface area (Å²) in [6.07, 6.45) is -0.125. The number of carbonyl (C=O) groups is 3. The lowest BCUT2D eigenvalue weighted by molar-refractivity contribution is -0.140. The van der Waals surface area contributed by atoms with Crippen LogP contribution in [0.4, 0.5) is 10.5 Å². The van der Waals surface area contributed by atoms with Crippen LogP contribution in [-0.4, -0.2) is 46.1 Å². The molecule has 0 aliphatic carbocycles. The molecular formula is C28H39N3O5. The van der Waals surface area contributed by atoms with E-state index in [4.69, 9.17) is 4.74 Å². The smallest absolute Gasteiger partial charge is 0.408 e. The molecule has 0 aliphatic heterocycles. The molecule has 196 valence electrons. The molecule has 8 nitrogen and oxygen atoms in total. The number of para-hydroxylation sites is 1. The monoisotopic (exact) mass is 497 g/mol. The average Bonchev–Trinajstić information content (AvgIpc) is 2.78. The lowest BCUT2D eigenvalue weighted by Crippen LogP contribution is -2.50. The zero-order valence-electron chi connectivity index (χ0n) is 22.6. The maximum atomic E-state index is 13.8. The zero-order valence-corrected chi connectivity index (χ0v) is 22.6. The van der Waals surface area contributed by atoms with Crippen LogP contribution in [0.25, 0.3) is 0 Å². The maximum Gasteiger partial charge on any atom is 0.408 e. The Bertz CT molecular complexity index is 1090. The summed E-state index contributed by atoms with van der Waals surface area (Å²) in [6.45, 7) is 14.2. The number of phenols is 1. The van der Waals surface area contributed by atoms with E-state index < -0.39 is 23.6 Å². The van der Waals surface area contributed by atoms with Gasteiger partial charge in [-0.2, -0.15) is 0 Å². The van der Waals surface area contributed by atoms with Crippen molar-refractivity contribution in [2.45, 2.75) is 79.5 Å². The number of ether oxygens (including phenoxy) is 1. The fourth-order valence-corrected chi connectivity index (χ4v) is 3.88. The molecule has 0 fully saturated rings. The number of aryl methyl sites for hydroxylation is 3. The first kappa shape index (κ1) is 28.7. The first-order valence-corrected chi connectivity index (χ1v) is 12.2.